The van der Waals surface area contributed by atoms with Crippen LogP contribution in [0.4, 0.5) is 11.4 Å². The largest absolute Gasteiger partial charge is 0.507 e. The van der Waals surface area contributed by atoms with E-state index in [1.165, 1.54) is 48.4 Å². The zero-order valence-corrected chi connectivity index (χ0v) is 18.4. The van der Waals surface area contributed by atoms with Gasteiger partial charge in [0, 0.05) is 23.4 Å². The molecule has 2 N–H and O–H groups in total. The normalized spacial score (nSPS) is 17.1. The van der Waals surface area contributed by atoms with Gasteiger partial charge in [-0.3, -0.25) is 24.6 Å². The maximum absolute atomic E-state index is 13.1. The number of aromatic hydroxyl groups is 1. The number of carbonyl (C=O) groups is 2. The number of hydrogen-bond donors (Lipinski definition) is 2. The number of ketones is 1. The summed E-state index contributed by atoms with van der Waals surface area (Å²) in [5, 5.41) is 32.1. The van der Waals surface area contributed by atoms with Crippen LogP contribution in [0.2, 0.25) is 5.02 Å². The topological polar surface area (TPSA) is 130 Å². The summed E-state index contributed by atoms with van der Waals surface area (Å²) in [5.74, 6) is -2.14. The molecule has 34 heavy (non-hydrogen) atoms. The summed E-state index contributed by atoms with van der Waals surface area (Å²) in [7, 11) is 1.48. The molecule has 0 spiro atoms. The number of Topliss-reactive ketones (excluding diaryl/α,β-unsaturated/α-hetero) is 1. The van der Waals surface area contributed by atoms with Gasteiger partial charge in [-0.25, -0.2) is 0 Å². The van der Waals surface area contributed by atoms with Gasteiger partial charge in [0.2, 0.25) is 0 Å². The fourth-order valence-corrected chi connectivity index (χ4v) is 3.96. The number of non-ortho nitro benzene ring substituents is 1. The van der Waals surface area contributed by atoms with Crippen molar-refractivity contribution in [2.24, 2.45) is 0 Å². The zero-order valence-electron chi connectivity index (χ0n) is 17.6. The fourth-order valence-electron chi connectivity index (χ4n) is 3.77. The van der Waals surface area contributed by atoms with Crippen LogP contribution in [0.1, 0.15) is 17.2 Å². The van der Waals surface area contributed by atoms with Gasteiger partial charge in [-0.15, -0.1) is 0 Å². The molecule has 4 rings (SSSR count). The molecule has 10 heteroatoms. The summed E-state index contributed by atoms with van der Waals surface area (Å²) in [4.78, 5) is 38.0. The molecule has 172 valence electrons. The second-order valence-corrected chi connectivity index (χ2v) is 7.79. The third-order valence-corrected chi connectivity index (χ3v) is 5.72. The molecule has 1 saturated heterocycles. The van der Waals surface area contributed by atoms with Crippen LogP contribution in [-0.2, 0) is 9.59 Å². The Kier molecular flexibility index (Phi) is 5.95. The van der Waals surface area contributed by atoms with Crippen LogP contribution >= 0.6 is 11.6 Å². The van der Waals surface area contributed by atoms with Crippen molar-refractivity contribution in [2.45, 2.75) is 6.04 Å². The van der Waals surface area contributed by atoms with Gasteiger partial charge in [0.05, 0.1) is 28.7 Å². The molecule has 1 aliphatic heterocycles. The lowest BCUT2D eigenvalue weighted by molar-refractivity contribution is -0.384. The Morgan fingerprint density at radius 2 is 1.79 bits per heavy atom. The molecular weight excluding hydrogens is 464 g/mol. The van der Waals surface area contributed by atoms with Crippen molar-refractivity contribution in [3.63, 3.8) is 0 Å². The minimum Gasteiger partial charge on any atom is -0.507 e. The van der Waals surface area contributed by atoms with Crippen LogP contribution in [0.5, 0.6) is 11.5 Å². The second kappa shape index (κ2) is 8.87. The van der Waals surface area contributed by atoms with Crippen molar-refractivity contribution in [1.29, 1.82) is 0 Å². The van der Waals surface area contributed by atoms with E-state index in [0.717, 1.165) is 6.07 Å². The number of carbonyl (C=O) groups excluding carboxylic acids is 2. The third kappa shape index (κ3) is 3.93. The number of benzene rings is 3. The molecule has 1 amide bonds. The van der Waals surface area contributed by atoms with Crippen molar-refractivity contribution in [3.05, 3.63) is 98.6 Å². The molecule has 0 bridgehead atoms. The lowest BCUT2D eigenvalue weighted by Crippen LogP contribution is -2.29. The quantitative estimate of drug-likeness (QED) is 0.179. The first kappa shape index (κ1) is 22.8. The fraction of sp³-hybridized carbons (Fsp3) is 0.0833. The summed E-state index contributed by atoms with van der Waals surface area (Å²) in [6.07, 6.45) is 0. The van der Waals surface area contributed by atoms with Gasteiger partial charge in [-0.2, -0.15) is 0 Å². The molecule has 3 aromatic carbocycles. The average molecular weight is 481 g/mol. The van der Waals surface area contributed by atoms with Crippen molar-refractivity contribution < 1.29 is 29.5 Å². The predicted molar refractivity (Wildman–Crippen MR) is 124 cm³/mol. The number of nitro groups is 1. The molecule has 1 aliphatic rings. The van der Waals surface area contributed by atoms with E-state index in [2.05, 4.69) is 0 Å². The van der Waals surface area contributed by atoms with E-state index < -0.39 is 28.4 Å². The highest BCUT2D eigenvalue weighted by atomic mass is 35.5. The summed E-state index contributed by atoms with van der Waals surface area (Å²) in [5.41, 5.74) is 0.109. The van der Waals surface area contributed by atoms with E-state index >= 15 is 0 Å². The number of hydrogen-bond acceptors (Lipinski definition) is 7. The summed E-state index contributed by atoms with van der Waals surface area (Å²) < 4.78 is 5.15. The molecule has 1 heterocycles. The number of nitro benzene ring substituents is 1. The Labute approximate surface area is 198 Å². The molecule has 1 unspecified atom stereocenters. The van der Waals surface area contributed by atoms with Crippen LogP contribution in [0.25, 0.3) is 5.76 Å². The van der Waals surface area contributed by atoms with Crippen molar-refractivity contribution in [3.8, 4) is 11.5 Å². The molecule has 9 nitrogen and oxygen atoms in total. The minimum atomic E-state index is -1.12. The zero-order chi connectivity index (χ0) is 24.6. The van der Waals surface area contributed by atoms with Crippen LogP contribution in [0.15, 0.2) is 72.3 Å². The first-order valence-corrected chi connectivity index (χ1v) is 10.3. The lowest BCUT2D eigenvalue weighted by Gasteiger charge is -2.25. The molecule has 0 saturated carbocycles. The summed E-state index contributed by atoms with van der Waals surface area (Å²) >= 11 is 6.09. The van der Waals surface area contributed by atoms with Crippen LogP contribution in [-0.4, -0.2) is 33.9 Å². The highest BCUT2D eigenvalue weighted by Crippen LogP contribution is 2.44. The van der Waals surface area contributed by atoms with Gasteiger partial charge >= 0.3 is 0 Å². The van der Waals surface area contributed by atoms with Crippen LogP contribution in [0.3, 0.4) is 0 Å². The molecule has 3 aromatic rings. The number of ether oxygens (including phenoxy) is 1. The average Bonchev–Trinajstić information content (AvgIpc) is 3.10. The maximum atomic E-state index is 13.1. The molecular formula is C24H17ClN2O7. The number of phenolic OH excluding ortho intramolecular Hbond substituents is 1. The minimum absolute atomic E-state index is 0.00296. The Balaban J connectivity index is 1.95. The Bertz CT molecular complexity index is 1350. The van der Waals surface area contributed by atoms with E-state index in [9.17, 15) is 29.9 Å². The van der Waals surface area contributed by atoms with E-state index in [1.807, 2.05) is 0 Å². The standard InChI is InChI=1S/C24H17ClN2O7/c1-34-17-8-6-15(7-9-17)26-21(13-5-10-19(28)18(25)12-13)20(23(30)24(26)31)22(29)14-3-2-4-16(11-14)27(32)33/h2-12,21,28-29H,1H3/b22-20-. The van der Waals surface area contributed by atoms with Gasteiger partial charge < -0.3 is 14.9 Å². The number of amides is 1. The Morgan fingerprint density at radius 1 is 1.09 bits per heavy atom. The lowest BCUT2D eigenvalue weighted by atomic mass is 9.95. The first-order chi connectivity index (χ1) is 16.2. The molecule has 0 radical (unpaired) electrons. The monoisotopic (exact) mass is 480 g/mol. The van der Waals surface area contributed by atoms with Crippen molar-refractivity contribution in [2.75, 3.05) is 12.0 Å². The van der Waals surface area contributed by atoms with E-state index in [-0.39, 0.29) is 27.6 Å². The summed E-state index contributed by atoms with van der Waals surface area (Å²) in [6, 6.07) is 14.5. The van der Waals surface area contributed by atoms with Gasteiger partial charge in [-0.05, 0) is 42.0 Å². The highest BCUT2D eigenvalue weighted by molar-refractivity contribution is 6.51. The number of aliphatic hydroxyl groups is 1. The van der Waals surface area contributed by atoms with E-state index in [4.69, 9.17) is 16.3 Å². The van der Waals surface area contributed by atoms with E-state index in [1.54, 1.807) is 24.3 Å². The number of nitrogens with zero attached hydrogens (tertiary/aromatic N) is 2. The van der Waals surface area contributed by atoms with E-state index in [0.29, 0.717) is 17.0 Å². The van der Waals surface area contributed by atoms with Crippen molar-refractivity contribution in [1.82, 2.24) is 0 Å². The predicted octanol–water partition coefficient (Wildman–Crippen LogP) is 4.59. The van der Waals surface area contributed by atoms with Crippen LogP contribution < -0.4 is 9.64 Å². The SMILES string of the molecule is COc1ccc(N2C(=O)C(=O)/C(=C(\O)c3cccc([N+](=O)[O-])c3)C2c2ccc(O)c(Cl)c2)cc1. The Hall–Kier alpha value is -4.37. The second-order valence-electron chi connectivity index (χ2n) is 7.39. The smallest absolute Gasteiger partial charge is 0.300 e. The molecule has 1 atom stereocenters. The number of phenols is 1. The van der Waals surface area contributed by atoms with Gasteiger partial charge in [0.15, 0.2) is 0 Å². The molecule has 0 aliphatic carbocycles. The van der Waals surface area contributed by atoms with Gasteiger partial charge in [0.1, 0.15) is 17.3 Å². The van der Waals surface area contributed by atoms with Crippen molar-refractivity contribution >= 4 is 40.4 Å². The molecule has 1 fully saturated rings. The van der Waals surface area contributed by atoms with Gasteiger partial charge in [-0.1, -0.05) is 29.8 Å². The first-order valence-electron chi connectivity index (χ1n) is 9.91. The van der Waals surface area contributed by atoms with Gasteiger partial charge in [0.25, 0.3) is 17.4 Å². The Morgan fingerprint density at radius 3 is 2.41 bits per heavy atom. The highest BCUT2D eigenvalue weighted by Gasteiger charge is 2.47. The number of rotatable bonds is 5. The number of anilines is 1. The molecule has 0 aromatic heterocycles. The number of aliphatic hydroxyl groups excluding tert-OH is 1. The maximum Gasteiger partial charge on any atom is 0.300 e. The third-order valence-electron chi connectivity index (χ3n) is 5.41. The number of methoxy groups -OCH3 is 1. The summed E-state index contributed by atoms with van der Waals surface area (Å²) in [6.45, 7) is 0. The van der Waals surface area contributed by atoms with Crippen LogP contribution in [0, 0.1) is 10.1 Å². The number of halogens is 1.